The predicted octanol–water partition coefficient (Wildman–Crippen LogP) is 4.37. The van der Waals surface area contributed by atoms with E-state index in [1.54, 1.807) is 0 Å². The molecular weight excluding hydrogens is 440 g/mol. The highest BCUT2D eigenvalue weighted by Crippen LogP contribution is 2.33. The number of hydrogen-bond donors (Lipinski definition) is 2. The number of thioether (sulfide) groups is 1. The number of carbonyl (C=O) groups is 2. The van der Waals surface area contributed by atoms with Crippen molar-refractivity contribution in [3.8, 4) is 11.4 Å². The zero-order valence-corrected chi connectivity index (χ0v) is 17.8. The van der Waals surface area contributed by atoms with Crippen LogP contribution in [0.15, 0.2) is 58.0 Å². The van der Waals surface area contributed by atoms with Crippen LogP contribution in [-0.4, -0.2) is 27.2 Å². The van der Waals surface area contributed by atoms with Crippen molar-refractivity contribution < 1.29 is 9.59 Å². The molecule has 1 aromatic heterocycles. The van der Waals surface area contributed by atoms with Crippen molar-refractivity contribution >= 4 is 50.5 Å². The van der Waals surface area contributed by atoms with Gasteiger partial charge in [-0.05, 0) is 24.1 Å². The molecule has 0 radical (unpaired) electrons. The number of aromatic nitrogens is 2. The van der Waals surface area contributed by atoms with Gasteiger partial charge in [0.1, 0.15) is 5.03 Å². The van der Waals surface area contributed by atoms with Crippen molar-refractivity contribution in [2.75, 3.05) is 0 Å². The maximum Gasteiger partial charge on any atom is 0.318 e. The summed E-state index contributed by atoms with van der Waals surface area (Å²) in [5.41, 5.74) is 6.78. The molecule has 1 atom stereocenters. The summed E-state index contributed by atoms with van der Waals surface area (Å²) in [5, 5.41) is 3.19. The fraction of sp³-hybridized carbons (Fsp3) is 0.200. The van der Waals surface area contributed by atoms with E-state index >= 15 is 0 Å². The monoisotopic (exact) mass is 458 g/mol. The lowest BCUT2D eigenvalue weighted by Crippen LogP contribution is -2.42. The van der Waals surface area contributed by atoms with Gasteiger partial charge in [-0.1, -0.05) is 71.9 Å². The van der Waals surface area contributed by atoms with Crippen LogP contribution in [0.3, 0.4) is 0 Å². The van der Waals surface area contributed by atoms with Crippen LogP contribution in [0, 0.1) is 5.92 Å². The fourth-order valence-electron chi connectivity index (χ4n) is 2.67. The second kappa shape index (κ2) is 8.70. The molecule has 3 rings (SSSR count). The van der Waals surface area contributed by atoms with Crippen LogP contribution >= 0.6 is 27.7 Å². The van der Waals surface area contributed by atoms with Crippen molar-refractivity contribution in [1.82, 2.24) is 15.3 Å². The molecule has 3 aromatic rings. The Hall–Kier alpha value is -2.45. The highest BCUT2D eigenvalue weighted by Gasteiger charge is 2.26. The van der Waals surface area contributed by atoms with Crippen molar-refractivity contribution in [3.63, 3.8) is 0 Å². The van der Waals surface area contributed by atoms with Gasteiger partial charge < -0.3 is 5.73 Å². The number of amides is 3. The number of nitrogens with zero attached hydrogens (tertiary/aromatic N) is 2. The average molecular weight is 459 g/mol. The van der Waals surface area contributed by atoms with E-state index in [2.05, 4.69) is 26.2 Å². The molecule has 0 saturated heterocycles. The standard InChI is InChI=1S/C20H19BrN4O2S/c1-11(2)16(18(26)25-20(22)27)28-19-14-5-3-4-6-15(14)23-17(24-19)12-7-9-13(21)10-8-12/h3-11,16H,1-2H3,(H3,22,25,26,27)/t16-/m0/s1. The first kappa shape index (κ1) is 20.3. The Bertz CT molecular complexity index is 1020. The molecule has 0 unspecified atom stereocenters. The number of imide groups is 1. The van der Waals surface area contributed by atoms with Crippen LogP contribution in [0.4, 0.5) is 4.79 Å². The summed E-state index contributed by atoms with van der Waals surface area (Å²) in [6.07, 6.45) is 0. The molecule has 28 heavy (non-hydrogen) atoms. The largest absolute Gasteiger partial charge is 0.351 e. The summed E-state index contributed by atoms with van der Waals surface area (Å²) in [7, 11) is 0. The Morgan fingerprint density at radius 2 is 1.75 bits per heavy atom. The first-order valence-electron chi connectivity index (χ1n) is 8.65. The first-order chi connectivity index (χ1) is 13.3. The topological polar surface area (TPSA) is 98.0 Å². The maximum atomic E-state index is 12.4. The molecule has 0 aliphatic heterocycles. The molecule has 3 amide bonds. The van der Waals surface area contributed by atoms with Crippen LogP contribution in [0.25, 0.3) is 22.3 Å². The van der Waals surface area contributed by atoms with Gasteiger partial charge in [0.25, 0.3) is 0 Å². The maximum absolute atomic E-state index is 12.4. The predicted molar refractivity (Wildman–Crippen MR) is 115 cm³/mol. The molecule has 144 valence electrons. The van der Waals surface area contributed by atoms with Crippen molar-refractivity contribution in [2.45, 2.75) is 24.1 Å². The molecule has 2 aromatic carbocycles. The van der Waals surface area contributed by atoms with E-state index in [1.807, 2.05) is 62.4 Å². The number of carbonyl (C=O) groups excluding carboxylic acids is 2. The smallest absolute Gasteiger partial charge is 0.318 e. The van der Waals surface area contributed by atoms with Gasteiger partial charge in [-0.15, -0.1) is 0 Å². The third-order valence-corrected chi connectivity index (χ3v) is 6.10. The summed E-state index contributed by atoms with van der Waals surface area (Å²) < 4.78 is 0.967. The van der Waals surface area contributed by atoms with Crippen LogP contribution in [0.1, 0.15) is 13.8 Å². The Morgan fingerprint density at radius 1 is 1.07 bits per heavy atom. The van der Waals surface area contributed by atoms with E-state index in [9.17, 15) is 9.59 Å². The lowest BCUT2D eigenvalue weighted by atomic mass is 10.1. The number of nitrogens with two attached hydrogens (primary N) is 1. The Labute approximate surface area is 175 Å². The number of fused-ring (bicyclic) bond motifs is 1. The zero-order valence-electron chi connectivity index (χ0n) is 15.3. The van der Waals surface area contributed by atoms with Crippen LogP contribution in [-0.2, 0) is 4.79 Å². The Kier molecular flexibility index (Phi) is 6.31. The van der Waals surface area contributed by atoms with E-state index < -0.39 is 17.2 Å². The lowest BCUT2D eigenvalue weighted by Gasteiger charge is -2.19. The molecule has 6 nitrogen and oxygen atoms in total. The minimum absolute atomic E-state index is 0.0331. The first-order valence-corrected chi connectivity index (χ1v) is 10.3. The van der Waals surface area contributed by atoms with Gasteiger partial charge in [-0.3, -0.25) is 10.1 Å². The van der Waals surface area contributed by atoms with E-state index in [0.717, 1.165) is 20.9 Å². The molecular formula is C20H19BrN4O2S. The summed E-state index contributed by atoms with van der Waals surface area (Å²) in [6, 6.07) is 14.5. The number of rotatable bonds is 5. The van der Waals surface area contributed by atoms with E-state index in [4.69, 9.17) is 10.7 Å². The van der Waals surface area contributed by atoms with Gasteiger partial charge in [-0.2, -0.15) is 0 Å². The summed E-state index contributed by atoms with van der Waals surface area (Å²) in [4.78, 5) is 33.0. The van der Waals surface area contributed by atoms with Crippen molar-refractivity contribution in [3.05, 3.63) is 53.0 Å². The van der Waals surface area contributed by atoms with Gasteiger partial charge in [0.2, 0.25) is 5.91 Å². The molecule has 0 fully saturated rings. The van der Waals surface area contributed by atoms with E-state index in [1.165, 1.54) is 11.8 Å². The molecule has 1 heterocycles. The van der Waals surface area contributed by atoms with E-state index in [0.29, 0.717) is 10.9 Å². The van der Waals surface area contributed by atoms with Gasteiger partial charge in [-0.25, -0.2) is 14.8 Å². The number of nitrogens with one attached hydrogen (secondary N) is 1. The highest BCUT2D eigenvalue weighted by atomic mass is 79.9. The molecule has 0 saturated carbocycles. The average Bonchev–Trinajstić information content (AvgIpc) is 2.65. The van der Waals surface area contributed by atoms with Gasteiger partial charge in [0, 0.05) is 15.4 Å². The Balaban J connectivity index is 2.06. The summed E-state index contributed by atoms with van der Waals surface area (Å²) >= 11 is 4.74. The summed E-state index contributed by atoms with van der Waals surface area (Å²) in [5.74, 6) is 0.112. The van der Waals surface area contributed by atoms with Gasteiger partial charge in [0.05, 0.1) is 10.8 Å². The molecule has 0 bridgehead atoms. The second-order valence-electron chi connectivity index (χ2n) is 6.51. The quantitative estimate of drug-likeness (QED) is 0.436. The molecule has 3 N–H and O–H groups in total. The highest BCUT2D eigenvalue weighted by molar-refractivity contribution is 9.10. The number of halogens is 1. The number of benzene rings is 2. The second-order valence-corrected chi connectivity index (χ2v) is 8.56. The summed E-state index contributed by atoms with van der Waals surface area (Å²) in [6.45, 7) is 3.83. The minimum Gasteiger partial charge on any atom is -0.351 e. The van der Waals surface area contributed by atoms with Crippen LogP contribution < -0.4 is 11.1 Å². The molecule has 0 spiro atoms. The minimum atomic E-state index is -0.862. The number of hydrogen-bond acceptors (Lipinski definition) is 5. The van der Waals surface area contributed by atoms with Crippen LogP contribution in [0.2, 0.25) is 0 Å². The molecule has 8 heteroatoms. The third-order valence-electron chi connectivity index (χ3n) is 4.02. The van der Waals surface area contributed by atoms with Crippen molar-refractivity contribution in [2.24, 2.45) is 11.7 Å². The fourth-order valence-corrected chi connectivity index (χ4v) is 4.05. The molecule has 0 aliphatic carbocycles. The van der Waals surface area contributed by atoms with Gasteiger partial charge in [0.15, 0.2) is 5.82 Å². The van der Waals surface area contributed by atoms with Crippen molar-refractivity contribution in [1.29, 1.82) is 0 Å². The Morgan fingerprint density at radius 3 is 2.39 bits per heavy atom. The lowest BCUT2D eigenvalue weighted by molar-refractivity contribution is -0.120. The van der Waals surface area contributed by atoms with Gasteiger partial charge >= 0.3 is 6.03 Å². The molecule has 0 aliphatic rings. The number of urea groups is 1. The SMILES string of the molecule is CC(C)[C@H](Sc1nc(-c2ccc(Br)cc2)nc2ccccc12)C(=O)NC(N)=O. The number of primary amides is 1. The third kappa shape index (κ3) is 4.69. The normalized spacial score (nSPS) is 12.1. The zero-order chi connectivity index (χ0) is 20.3. The van der Waals surface area contributed by atoms with E-state index in [-0.39, 0.29) is 5.92 Å². The van der Waals surface area contributed by atoms with Crippen LogP contribution in [0.5, 0.6) is 0 Å². The number of para-hydroxylation sites is 1.